The molecule has 2 nitrogen and oxygen atoms in total. The Hall–Kier alpha value is -0.150. The number of hydrogen-bond acceptors (Lipinski definition) is 2. The molecule has 1 aliphatic rings. The van der Waals surface area contributed by atoms with Crippen molar-refractivity contribution in [3.8, 4) is 0 Å². The van der Waals surface area contributed by atoms with Crippen LogP contribution in [0.1, 0.15) is 25.7 Å². The van der Waals surface area contributed by atoms with Crippen LogP contribution in [0, 0.1) is 0 Å². The number of rotatable bonds is 3. The third-order valence-electron chi connectivity index (χ3n) is 2.10. The van der Waals surface area contributed by atoms with E-state index in [0.717, 1.165) is 25.7 Å². The summed E-state index contributed by atoms with van der Waals surface area (Å²) < 4.78 is 16.9. The Morgan fingerprint density at radius 2 is 2.27 bits per heavy atom. The van der Waals surface area contributed by atoms with E-state index in [-0.39, 0.29) is 25.4 Å². The number of nitrogens with two attached hydrogens (primary N) is 1. The van der Waals surface area contributed by atoms with Crippen LogP contribution in [0.5, 0.6) is 0 Å². The number of ether oxygens (including phenoxy) is 1. The Labute approximate surface area is 66.9 Å². The summed E-state index contributed by atoms with van der Waals surface area (Å²) in [4.78, 5) is 0. The van der Waals surface area contributed by atoms with Crippen molar-refractivity contribution < 1.29 is 9.13 Å². The molecule has 0 aliphatic heterocycles. The minimum Gasteiger partial charge on any atom is -0.375 e. The summed E-state index contributed by atoms with van der Waals surface area (Å²) in [5.41, 5.74) is 5.72. The highest BCUT2D eigenvalue weighted by atomic mass is 19.1. The minimum atomic E-state index is -0.383. The Kier molecular flexibility index (Phi) is 3.80. The highest BCUT2D eigenvalue weighted by molar-refractivity contribution is 4.75. The second-order valence-corrected chi connectivity index (χ2v) is 3.11. The summed E-state index contributed by atoms with van der Waals surface area (Å²) >= 11 is 0. The van der Waals surface area contributed by atoms with E-state index < -0.39 is 0 Å². The molecule has 1 rings (SSSR count). The average molecular weight is 161 g/mol. The van der Waals surface area contributed by atoms with Gasteiger partial charge in [-0.1, -0.05) is 0 Å². The van der Waals surface area contributed by atoms with Crippen molar-refractivity contribution in [1.29, 1.82) is 0 Å². The second-order valence-electron chi connectivity index (χ2n) is 3.11. The van der Waals surface area contributed by atoms with Crippen LogP contribution in [0.3, 0.4) is 0 Å². The van der Waals surface area contributed by atoms with Gasteiger partial charge in [0.15, 0.2) is 0 Å². The maximum Gasteiger partial charge on any atom is 0.113 e. The zero-order valence-corrected chi connectivity index (χ0v) is 6.76. The van der Waals surface area contributed by atoms with Gasteiger partial charge >= 0.3 is 0 Å². The lowest BCUT2D eigenvalue weighted by atomic mass is 9.94. The van der Waals surface area contributed by atoms with Gasteiger partial charge in [-0.3, -0.25) is 0 Å². The van der Waals surface area contributed by atoms with Gasteiger partial charge < -0.3 is 10.5 Å². The molecule has 0 heterocycles. The van der Waals surface area contributed by atoms with Crippen LogP contribution in [0.25, 0.3) is 0 Å². The molecule has 11 heavy (non-hydrogen) atoms. The molecular formula is C8H16FNO. The molecule has 0 aromatic carbocycles. The fourth-order valence-corrected chi connectivity index (χ4v) is 1.54. The predicted molar refractivity (Wildman–Crippen MR) is 42.2 cm³/mol. The lowest BCUT2D eigenvalue weighted by Gasteiger charge is -2.26. The molecule has 0 spiro atoms. The van der Waals surface area contributed by atoms with Crippen LogP contribution in [-0.4, -0.2) is 25.4 Å². The molecule has 2 atom stereocenters. The van der Waals surface area contributed by atoms with Gasteiger partial charge in [0, 0.05) is 6.04 Å². The highest BCUT2D eigenvalue weighted by Gasteiger charge is 2.18. The second kappa shape index (κ2) is 4.67. The molecule has 0 bridgehead atoms. The largest absolute Gasteiger partial charge is 0.375 e. The fourth-order valence-electron chi connectivity index (χ4n) is 1.54. The van der Waals surface area contributed by atoms with Crippen LogP contribution < -0.4 is 5.73 Å². The number of hydrogen-bond donors (Lipinski definition) is 1. The molecule has 66 valence electrons. The van der Waals surface area contributed by atoms with Crippen LogP contribution in [0.2, 0.25) is 0 Å². The monoisotopic (exact) mass is 161 g/mol. The smallest absolute Gasteiger partial charge is 0.113 e. The van der Waals surface area contributed by atoms with Crippen molar-refractivity contribution in [3.63, 3.8) is 0 Å². The Balaban J connectivity index is 2.12. The van der Waals surface area contributed by atoms with Crippen LogP contribution in [0.15, 0.2) is 0 Å². The Morgan fingerprint density at radius 3 is 2.91 bits per heavy atom. The molecular weight excluding hydrogens is 145 g/mol. The first-order chi connectivity index (χ1) is 5.33. The van der Waals surface area contributed by atoms with Crippen molar-refractivity contribution in [1.82, 2.24) is 0 Å². The van der Waals surface area contributed by atoms with Gasteiger partial charge in [-0.05, 0) is 25.7 Å². The lowest BCUT2D eigenvalue weighted by molar-refractivity contribution is 0.0168. The molecule has 3 heteroatoms. The summed E-state index contributed by atoms with van der Waals surface area (Å²) in [5.74, 6) is 0. The summed E-state index contributed by atoms with van der Waals surface area (Å²) in [5, 5.41) is 0. The van der Waals surface area contributed by atoms with Gasteiger partial charge in [-0.25, -0.2) is 4.39 Å². The van der Waals surface area contributed by atoms with Gasteiger partial charge in [-0.15, -0.1) is 0 Å². The van der Waals surface area contributed by atoms with E-state index in [4.69, 9.17) is 10.5 Å². The number of alkyl halides is 1. The zero-order chi connectivity index (χ0) is 8.10. The lowest BCUT2D eigenvalue weighted by Crippen LogP contribution is -2.32. The predicted octanol–water partition coefficient (Wildman–Crippen LogP) is 1.24. The standard InChI is InChI=1S/C8H16FNO/c9-4-5-11-8-3-1-2-7(10)6-8/h7-8H,1-6,10H2. The summed E-state index contributed by atoms with van der Waals surface area (Å²) in [7, 11) is 0. The third-order valence-corrected chi connectivity index (χ3v) is 2.10. The topological polar surface area (TPSA) is 35.2 Å². The molecule has 2 N–H and O–H groups in total. The van der Waals surface area contributed by atoms with E-state index in [1.807, 2.05) is 0 Å². The molecule has 2 unspecified atom stereocenters. The van der Waals surface area contributed by atoms with Gasteiger partial charge in [0.05, 0.1) is 12.7 Å². The maximum atomic E-state index is 11.7. The molecule has 1 fully saturated rings. The fraction of sp³-hybridized carbons (Fsp3) is 1.00. The Morgan fingerprint density at radius 1 is 1.45 bits per heavy atom. The first-order valence-corrected chi connectivity index (χ1v) is 4.26. The van der Waals surface area contributed by atoms with Crippen molar-refractivity contribution in [3.05, 3.63) is 0 Å². The van der Waals surface area contributed by atoms with Crippen LogP contribution in [0.4, 0.5) is 4.39 Å². The van der Waals surface area contributed by atoms with Gasteiger partial charge in [0.25, 0.3) is 0 Å². The summed E-state index contributed by atoms with van der Waals surface area (Å²) in [6.45, 7) is -0.150. The quantitative estimate of drug-likeness (QED) is 0.676. The summed E-state index contributed by atoms with van der Waals surface area (Å²) in [6, 6.07) is 0.272. The number of halogens is 1. The normalized spacial score (nSPS) is 32.2. The van der Waals surface area contributed by atoms with Crippen molar-refractivity contribution in [2.75, 3.05) is 13.3 Å². The highest BCUT2D eigenvalue weighted by Crippen LogP contribution is 2.19. The van der Waals surface area contributed by atoms with Crippen LogP contribution in [-0.2, 0) is 4.74 Å². The molecule has 1 saturated carbocycles. The minimum absolute atomic E-state index is 0.217. The maximum absolute atomic E-state index is 11.7. The van der Waals surface area contributed by atoms with Crippen molar-refractivity contribution in [2.24, 2.45) is 5.73 Å². The van der Waals surface area contributed by atoms with E-state index in [1.54, 1.807) is 0 Å². The molecule has 0 radical (unpaired) electrons. The summed E-state index contributed by atoms with van der Waals surface area (Å²) in [6.07, 6.45) is 4.39. The zero-order valence-electron chi connectivity index (χ0n) is 6.76. The Bertz CT molecular complexity index is 110. The van der Waals surface area contributed by atoms with E-state index >= 15 is 0 Å². The van der Waals surface area contributed by atoms with E-state index in [0.29, 0.717) is 0 Å². The molecule has 0 aromatic rings. The average Bonchev–Trinajstić information content (AvgIpc) is 2.01. The SMILES string of the molecule is NC1CCCC(OCCF)C1. The molecule has 0 saturated heterocycles. The van der Waals surface area contributed by atoms with E-state index in [2.05, 4.69) is 0 Å². The molecule has 0 aromatic heterocycles. The van der Waals surface area contributed by atoms with Crippen LogP contribution >= 0.6 is 0 Å². The third kappa shape index (κ3) is 3.16. The first kappa shape index (κ1) is 8.94. The molecule has 1 aliphatic carbocycles. The first-order valence-electron chi connectivity index (χ1n) is 4.26. The van der Waals surface area contributed by atoms with E-state index in [1.165, 1.54) is 0 Å². The van der Waals surface area contributed by atoms with Gasteiger partial charge in [0.1, 0.15) is 6.67 Å². The van der Waals surface area contributed by atoms with Gasteiger partial charge in [0.2, 0.25) is 0 Å². The van der Waals surface area contributed by atoms with Crippen molar-refractivity contribution in [2.45, 2.75) is 37.8 Å². The van der Waals surface area contributed by atoms with Crippen molar-refractivity contribution >= 4 is 0 Å². The van der Waals surface area contributed by atoms with Gasteiger partial charge in [-0.2, -0.15) is 0 Å². The van der Waals surface area contributed by atoms with E-state index in [9.17, 15) is 4.39 Å². The molecule has 0 amide bonds.